The molecular weight excluding hydrogens is 264 g/mol. The Labute approximate surface area is 128 Å². The summed E-state index contributed by atoms with van der Waals surface area (Å²) in [6.45, 7) is 6.19. The van der Waals surface area contributed by atoms with E-state index in [-0.39, 0.29) is 0 Å². The minimum Gasteiger partial charge on any atom is -0.491 e. The fraction of sp³-hybridized carbons (Fsp3) is 0.647. The molecule has 1 aromatic carbocycles. The lowest BCUT2D eigenvalue weighted by atomic mass is 10.1. The number of aliphatic hydroxyl groups excluding tert-OH is 1. The lowest BCUT2D eigenvalue weighted by Gasteiger charge is -2.23. The number of para-hydroxylation sites is 1. The molecule has 4 N–H and O–H groups in total. The second-order valence-electron chi connectivity index (χ2n) is 6.01. The third kappa shape index (κ3) is 6.93. The number of nitrogens with one attached hydrogen (secondary N) is 1. The molecule has 2 rings (SSSR count). The maximum Gasteiger partial charge on any atom is 0.137 e. The van der Waals surface area contributed by atoms with Gasteiger partial charge in [0.2, 0.25) is 0 Å². The Hall–Kier alpha value is -1.10. The quantitative estimate of drug-likeness (QED) is 0.535. The van der Waals surface area contributed by atoms with E-state index in [4.69, 9.17) is 4.74 Å². The molecule has 0 unspecified atom stereocenters. The van der Waals surface area contributed by atoms with Crippen molar-refractivity contribution in [1.29, 1.82) is 0 Å². The Morgan fingerprint density at radius 1 is 1.14 bits per heavy atom. The highest BCUT2D eigenvalue weighted by Crippen LogP contribution is 2.08. The molecule has 1 aliphatic heterocycles. The van der Waals surface area contributed by atoms with Gasteiger partial charge in [-0.25, -0.2) is 0 Å². The zero-order chi connectivity index (χ0) is 14.8. The third-order valence-electron chi connectivity index (χ3n) is 4.12. The van der Waals surface area contributed by atoms with E-state index >= 15 is 0 Å². The first-order chi connectivity index (χ1) is 10.3. The van der Waals surface area contributed by atoms with Gasteiger partial charge in [0.05, 0.1) is 26.2 Å². The van der Waals surface area contributed by atoms with Crippen LogP contribution in [0.2, 0.25) is 0 Å². The van der Waals surface area contributed by atoms with E-state index in [9.17, 15) is 5.11 Å². The van der Waals surface area contributed by atoms with Crippen LogP contribution in [0.15, 0.2) is 30.3 Å². The fourth-order valence-corrected chi connectivity index (χ4v) is 2.89. The van der Waals surface area contributed by atoms with Crippen LogP contribution in [-0.2, 0) is 0 Å². The number of piperidine rings is 1. The first-order valence-electron chi connectivity index (χ1n) is 8.36. The van der Waals surface area contributed by atoms with Crippen LogP contribution >= 0.6 is 0 Å². The topological polar surface area (TPSA) is 50.5 Å². The Morgan fingerprint density at radius 3 is 2.67 bits per heavy atom. The maximum absolute atomic E-state index is 9.90. The number of nitrogens with two attached hydrogens (primary N) is 1. The normalized spacial score (nSPS) is 17.6. The number of rotatable bonds is 9. The minimum atomic E-state index is -0.396. The number of quaternary nitrogens is 2. The molecule has 4 nitrogen and oxygen atoms in total. The molecule has 21 heavy (non-hydrogen) atoms. The molecule has 0 bridgehead atoms. The Balaban J connectivity index is 1.46. The summed E-state index contributed by atoms with van der Waals surface area (Å²) in [6, 6.07) is 9.67. The molecule has 0 saturated carbocycles. The van der Waals surface area contributed by atoms with Crippen molar-refractivity contribution in [2.24, 2.45) is 0 Å². The predicted molar refractivity (Wildman–Crippen MR) is 83.6 cm³/mol. The lowest BCUT2D eigenvalue weighted by Crippen LogP contribution is -3.13. The van der Waals surface area contributed by atoms with Gasteiger partial charge in [0.15, 0.2) is 0 Å². The van der Waals surface area contributed by atoms with Crippen LogP contribution in [0.4, 0.5) is 0 Å². The average Bonchev–Trinajstić information content (AvgIpc) is 2.54. The summed E-state index contributed by atoms with van der Waals surface area (Å²) < 4.78 is 5.55. The van der Waals surface area contributed by atoms with E-state index in [1.807, 2.05) is 30.3 Å². The van der Waals surface area contributed by atoms with Crippen molar-refractivity contribution in [3.63, 3.8) is 0 Å². The molecule has 1 fully saturated rings. The SMILES string of the molecule is O[C@H](C[NH2+]CCC[NH+]1CCCCC1)COc1ccccc1. The average molecular weight is 294 g/mol. The molecule has 1 heterocycles. The fourth-order valence-electron chi connectivity index (χ4n) is 2.89. The second kappa shape index (κ2) is 9.77. The Morgan fingerprint density at radius 2 is 1.90 bits per heavy atom. The number of likely N-dealkylation sites (tertiary alicyclic amines) is 1. The van der Waals surface area contributed by atoms with Crippen molar-refractivity contribution < 1.29 is 20.1 Å². The number of hydrogen-bond donors (Lipinski definition) is 3. The largest absolute Gasteiger partial charge is 0.491 e. The van der Waals surface area contributed by atoms with Gasteiger partial charge in [-0.15, -0.1) is 0 Å². The van der Waals surface area contributed by atoms with Gasteiger partial charge in [-0.1, -0.05) is 18.2 Å². The second-order valence-corrected chi connectivity index (χ2v) is 6.01. The standard InChI is InChI=1S/C17H28N2O2/c20-16(15-21-17-8-3-1-4-9-17)14-18-10-7-13-19-11-5-2-6-12-19/h1,3-4,8-9,16,18,20H,2,5-7,10-15H2/p+2/t16-/m1/s1. The molecule has 1 saturated heterocycles. The van der Waals surface area contributed by atoms with Gasteiger partial charge in [-0.2, -0.15) is 0 Å². The highest BCUT2D eigenvalue weighted by molar-refractivity contribution is 5.20. The summed E-state index contributed by atoms with van der Waals surface area (Å²) >= 11 is 0. The molecule has 0 aromatic heterocycles. The molecule has 1 atom stereocenters. The summed E-state index contributed by atoms with van der Waals surface area (Å²) in [6.07, 6.45) is 5.06. The van der Waals surface area contributed by atoms with Crippen LogP contribution in [0.25, 0.3) is 0 Å². The van der Waals surface area contributed by atoms with Gasteiger partial charge >= 0.3 is 0 Å². The van der Waals surface area contributed by atoms with E-state index in [1.54, 1.807) is 4.90 Å². The molecule has 0 radical (unpaired) electrons. The summed E-state index contributed by atoms with van der Waals surface area (Å²) in [5.41, 5.74) is 0. The van der Waals surface area contributed by atoms with Gasteiger partial charge in [-0.05, 0) is 31.4 Å². The summed E-state index contributed by atoms with van der Waals surface area (Å²) in [7, 11) is 0. The lowest BCUT2D eigenvalue weighted by molar-refractivity contribution is -0.906. The van der Waals surface area contributed by atoms with Gasteiger partial charge in [-0.3, -0.25) is 0 Å². The van der Waals surface area contributed by atoms with Crippen LogP contribution in [0, 0.1) is 0 Å². The van der Waals surface area contributed by atoms with Crippen molar-refractivity contribution in [2.45, 2.75) is 31.8 Å². The first kappa shape index (κ1) is 16.3. The van der Waals surface area contributed by atoms with Crippen molar-refractivity contribution in [3.8, 4) is 5.75 Å². The van der Waals surface area contributed by atoms with Gasteiger partial charge < -0.3 is 20.1 Å². The van der Waals surface area contributed by atoms with Crippen LogP contribution in [-0.4, -0.2) is 50.5 Å². The smallest absolute Gasteiger partial charge is 0.137 e. The van der Waals surface area contributed by atoms with Crippen LogP contribution in [0.5, 0.6) is 5.75 Å². The summed E-state index contributed by atoms with van der Waals surface area (Å²) in [5, 5.41) is 12.1. The minimum absolute atomic E-state index is 0.373. The number of aliphatic hydroxyl groups is 1. The molecule has 0 aliphatic carbocycles. The van der Waals surface area contributed by atoms with Crippen molar-refractivity contribution in [3.05, 3.63) is 30.3 Å². The molecule has 1 aromatic rings. The highest BCUT2D eigenvalue weighted by Gasteiger charge is 2.13. The number of benzene rings is 1. The van der Waals surface area contributed by atoms with Crippen molar-refractivity contribution >= 4 is 0 Å². The van der Waals surface area contributed by atoms with Crippen LogP contribution < -0.4 is 15.0 Å². The van der Waals surface area contributed by atoms with E-state index in [0.717, 1.165) is 18.8 Å². The van der Waals surface area contributed by atoms with E-state index < -0.39 is 6.10 Å². The van der Waals surface area contributed by atoms with Gasteiger partial charge in [0, 0.05) is 6.42 Å². The number of hydrogen-bond acceptors (Lipinski definition) is 2. The van der Waals surface area contributed by atoms with E-state index in [0.29, 0.717) is 6.61 Å². The van der Waals surface area contributed by atoms with Crippen molar-refractivity contribution in [2.75, 3.05) is 39.3 Å². The number of ether oxygens (including phenoxy) is 1. The summed E-state index contributed by atoms with van der Waals surface area (Å²) in [5.74, 6) is 0.824. The predicted octanol–water partition coefficient (Wildman–Crippen LogP) is -0.551. The Kier molecular flexibility index (Phi) is 7.57. The van der Waals surface area contributed by atoms with Gasteiger partial charge in [0.1, 0.15) is 25.0 Å². The molecule has 1 aliphatic rings. The monoisotopic (exact) mass is 294 g/mol. The Bertz CT molecular complexity index is 366. The highest BCUT2D eigenvalue weighted by atomic mass is 16.5. The third-order valence-corrected chi connectivity index (χ3v) is 4.12. The van der Waals surface area contributed by atoms with Crippen molar-refractivity contribution in [1.82, 2.24) is 0 Å². The molecule has 4 heteroatoms. The summed E-state index contributed by atoms with van der Waals surface area (Å²) in [4.78, 5) is 1.77. The zero-order valence-electron chi connectivity index (χ0n) is 13.0. The van der Waals surface area contributed by atoms with E-state index in [2.05, 4.69) is 5.32 Å². The van der Waals surface area contributed by atoms with Gasteiger partial charge in [0.25, 0.3) is 0 Å². The molecule has 118 valence electrons. The van der Waals surface area contributed by atoms with Crippen LogP contribution in [0.3, 0.4) is 0 Å². The first-order valence-corrected chi connectivity index (χ1v) is 8.36. The maximum atomic E-state index is 9.90. The van der Waals surface area contributed by atoms with Crippen LogP contribution in [0.1, 0.15) is 25.7 Å². The molecule has 0 spiro atoms. The molecule has 0 amide bonds. The van der Waals surface area contributed by atoms with E-state index in [1.165, 1.54) is 45.3 Å². The zero-order valence-corrected chi connectivity index (χ0v) is 13.0. The molecular formula is C17H30N2O2+2.